The van der Waals surface area contributed by atoms with Crippen molar-refractivity contribution in [3.8, 4) is 0 Å². The zero-order chi connectivity index (χ0) is 15.2. The lowest BCUT2D eigenvalue weighted by Gasteiger charge is -2.64. The van der Waals surface area contributed by atoms with Crippen molar-refractivity contribution in [1.29, 1.82) is 0 Å². The van der Waals surface area contributed by atoms with Crippen molar-refractivity contribution in [2.45, 2.75) is 71.6 Å². The predicted octanol–water partition coefficient (Wildman–Crippen LogP) is 4.57. The number of carbonyl (C=O) groups is 1. The summed E-state index contributed by atoms with van der Waals surface area (Å²) in [7, 11) is 0. The predicted molar refractivity (Wildman–Crippen MR) is 85.1 cm³/mol. The van der Waals surface area contributed by atoms with Gasteiger partial charge in [-0.25, -0.2) is 0 Å². The lowest BCUT2D eigenvalue weighted by Crippen LogP contribution is -2.58. The minimum absolute atomic E-state index is 0.110. The first-order valence-electron chi connectivity index (χ1n) is 9.66. The third-order valence-electron chi connectivity index (χ3n) is 9.19. The molecule has 5 fully saturated rings. The minimum Gasteiger partial charge on any atom is -0.465 e. The van der Waals surface area contributed by atoms with Crippen molar-refractivity contribution >= 4 is 5.97 Å². The quantitative estimate of drug-likeness (QED) is 0.613. The van der Waals surface area contributed by atoms with Gasteiger partial charge in [-0.2, -0.15) is 0 Å². The number of fused-ring (bicyclic) bond motifs is 6. The Morgan fingerprint density at radius 3 is 2.50 bits per heavy atom. The molecule has 1 heterocycles. The van der Waals surface area contributed by atoms with Crippen molar-refractivity contribution in [3.05, 3.63) is 0 Å². The third kappa shape index (κ3) is 1.50. The maximum absolute atomic E-state index is 12.1. The zero-order valence-electron chi connectivity index (χ0n) is 14.2. The lowest BCUT2D eigenvalue weighted by atomic mass is 9.40. The Balaban J connectivity index is 1.53. The van der Waals surface area contributed by atoms with Crippen LogP contribution in [-0.2, 0) is 9.53 Å². The molecule has 122 valence electrons. The summed E-state index contributed by atoms with van der Waals surface area (Å²) < 4.78 is 5.50. The van der Waals surface area contributed by atoms with Crippen LogP contribution in [0.2, 0.25) is 0 Å². The van der Waals surface area contributed by atoms with Gasteiger partial charge in [-0.3, -0.25) is 4.79 Å². The van der Waals surface area contributed by atoms with Crippen LogP contribution >= 0.6 is 0 Å². The first-order chi connectivity index (χ1) is 10.5. The highest BCUT2D eigenvalue weighted by molar-refractivity contribution is 5.75. The first-order valence-corrected chi connectivity index (χ1v) is 9.66. The fourth-order valence-corrected chi connectivity index (χ4v) is 8.04. The van der Waals surface area contributed by atoms with Crippen LogP contribution in [0.15, 0.2) is 0 Å². The highest BCUT2D eigenvalue weighted by Gasteiger charge is 2.67. The average molecular weight is 302 g/mol. The van der Waals surface area contributed by atoms with Crippen LogP contribution in [0.3, 0.4) is 0 Å². The van der Waals surface area contributed by atoms with Crippen molar-refractivity contribution in [3.63, 3.8) is 0 Å². The van der Waals surface area contributed by atoms with E-state index in [4.69, 9.17) is 4.74 Å². The number of ether oxygens (including phenoxy) is 1. The monoisotopic (exact) mass is 302 g/mol. The minimum atomic E-state index is 0.110. The van der Waals surface area contributed by atoms with Crippen molar-refractivity contribution in [2.75, 3.05) is 6.61 Å². The maximum Gasteiger partial charge on any atom is 0.309 e. The lowest BCUT2D eigenvalue weighted by molar-refractivity contribution is -0.160. The van der Waals surface area contributed by atoms with Gasteiger partial charge in [0.25, 0.3) is 0 Å². The van der Waals surface area contributed by atoms with Crippen molar-refractivity contribution in [1.82, 2.24) is 0 Å². The van der Waals surface area contributed by atoms with E-state index in [2.05, 4.69) is 13.8 Å². The standard InChI is InChI=1S/C20H30O2/c1-18-9-6-16-19(2,7-3-8-20(16)10-11-20)15(18)5-4-13-14(18)12-22-17(13)21/h13-16H,3-12H2,1-2H3/t13-,14-,15+,16-,18+,19-/m1/s1. The zero-order valence-corrected chi connectivity index (χ0v) is 14.2. The van der Waals surface area contributed by atoms with E-state index in [1.807, 2.05) is 0 Å². The topological polar surface area (TPSA) is 26.3 Å². The summed E-state index contributed by atoms with van der Waals surface area (Å²) >= 11 is 0. The van der Waals surface area contributed by atoms with E-state index in [-0.39, 0.29) is 11.9 Å². The smallest absolute Gasteiger partial charge is 0.309 e. The molecule has 0 unspecified atom stereocenters. The molecule has 4 aliphatic carbocycles. The van der Waals surface area contributed by atoms with Gasteiger partial charge in [0.15, 0.2) is 0 Å². The van der Waals surface area contributed by atoms with Gasteiger partial charge < -0.3 is 4.74 Å². The van der Waals surface area contributed by atoms with Crippen LogP contribution in [0.4, 0.5) is 0 Å². The number of hydrogen-bond acceptors (Lipinski definition) is 2. The van der Waals surface area contributed by atoms with E-state index in [1.165, 1.54) is 51.4 Å². The van der Waals surface area contributed by atoms with Crippen molar-refractivity contribution < 1.29 is 9.53 Å². The molecule has 2 heteroatoms. The summed E-state index contributed by atoms with van der Waals surface area (Å²) in [4.78, 5) is 12.1. The second kappa shape index (κ2) is 4.11. The van der Waals surface area contributed by atoms with Gasteiger partial charge in [-0.05, 0) is 79.4 Å². The fraction of sp³-hybridized carbons (Fsp3) is 0.950. The van der Waals surface area contributed by atoms with E-state index in [9.17, 15) is 4.79 Å². The number of carbonyl (C=O) groups excluding carboxylic acids is 1. The molecule has 0 aromatic heterocycles. The Bertz CT molecular complexity index is 522. The molecule has 1 aliphatic heterocycles. The van der Waals surface area contributed by atoms with Gasteiger partial charge in [-0.1, -0.05) is 20.3 Å². The second-order valence-corrected chi connectivity index (χ2v) is 9.79. The van der Waals surface area contributed by atoms with Crippen LogP contribution < -0.4 is 0 Å². The summed E-state index contributed by atoms with van der Waals surface area (Å²) in [6.07, 6.45) is 12.5. The van der Waals surface area contributed by atoms with E-state index in [1.54, 1.807) is 0 Å². The molecule has 22 heavy (non-hydrogen) atoms. The van der Waals surface area contributed by atoms with Crippen LogP contribution in [0.1, 0.15) is 71.6 Å². The highest BCUT2D eigenvalue weighted by Crippen LogP contribution is 2.74. The molecule has 5 rings (SSSR count). The van der Waals surface area contributed by atoms with E-state index in [0.29, 0.717) is 23.4 Å². The largest absolute Gasteiger partial charge is 0.465 e. The van der Waals surface area contributed by atoms with Crippen LogP contribution in [0.25, 0.3) is 0 Å². The van der Waals surface area contributed by atoms with Crippen molar-refractivity contribution in [2.24, 2.45) is 39.9 Å². The summed E-state index contributed by atoms with van der Waals surface area (Å²) in [6, 6.07) is 0. The Kier molecular flexibility index (Phi) is 2.59. The highest BCUT2D eigenvalue weighted by atomic mass is 16.5. The summed E-state index contributed by atoms with van der Waals surface area (Å²) in [5.74, 6) is 2.64. The summed E-state index contributed by atoms with van der Waals surface area (Å²) in [5.41, 5.74) is 1.64. The Labute approximate surface area is 134 Å². The first kappa shape index (κ1) is 13.9. The summed E-state index contributed by atoms with van der Waals surface area (Å²) in [5, 5.41) is 0. The Morgan fingerprint density at radius 2 is 1.73 bits per heavy atom. The van der Waals surface area contributed by atoms with Crippen LogP contribution in [-0.4, -0.2) is 12.6 Å². The van der Waals surface area contributed by atoms with E-state index in [0.717, 1.165) is 23.7 Å². The Hall–Kier alpha value is -0.530. The molecule has 5 aliphatic rings. The Morgan fingerprint density at radius 1 is 0.909 bits per heavy atom. The van der Waals surface area contributed by atoms with Gasteiger partial charge >= 0.3 is 5.97 Å². The molecule has 4 saturated carbocycles. The van der Waals surface area contributed by atoms with E-state index >= 15 is 0 Å². The SMILES string of the molecule is C[C@@]12CC[C@H]3C4(CCC[C@]3(C)[C@H]1CC[C@H]1C(=O)OC[C@H]12)CC4. The maximum atomic E-state index is 12.1. The van der Waals surface area contributed by atoms with Gasteiger partial charge in [0.2, 0.25) is 0 Å². The molecule has 0 aromatic rings. The number of hydrogen-bond donors (Lipinski definition) is 0. The summed E-state index contributed by atoms with van der Waals surface area (Å²) in [6.45, 7) is 5.87. The third-order valence-corrected chi connectivity index (χ3v) is 9.19. The molecule has 1 spiro atoms. The normalized spacial score (nSPS) is 55.1. The van der Waals surface area contributed by atoms with Gasteiger partial charge in [0.1, 0.15) is 0 Å². The van der Waals surface area contributed by atoms with Crippen LogP contribution in [0.5, 0.6) is 0 Å². The molecule has 6 atom stereocenters. The number of esters is 1. The molecular formula is C20H30O2. The molecule has 0 N–H and O–H groups in total. The number of rotatable bonds is 0. The molecule has 0 bridgehead atoms. The second-order valence-electron chi connectivity index (χ2n) is 9.79. The van der Waals surface area contributed by atoms with Crippen LogP contribution in [0, 0.1) is 39.9 Å². The number of cyclic esters (lactones) is 1. The molecular weight excluding hydrogens is 272 g/mol. The molecule has 0 amide bonds. The van der Waals surface area contributed by atoms with Gasteiger partial charge in [0.05, 0.1) is 12.5 Å². The molecule has 0 radical (unpaired) electrons. The fourth-order valence-electron chi connectivity index (χ4n) is 8.04. The van der Waals surface area contributed by atoms with Gasteiger partial charge in [-0.15, -0.1) is 0 Å². The molecule has 2 nitrogen and oxygen atoms in total. The average Bonchev–Trinajstić information content (AvgIpc) is 3.13. The van der Waals surface area contributed by atoms with E-state index < -0.39 is 0 Å². The van der Waals surface area contributed by atoms with Gasteiger partial charge in [0, 0.05) is 5.92 Å². The molecule has 0 aromatic carbocycles. The molecule has 1 saturated heterocycles.